The normalized spacial score (nSPS) is 14.8. The van der Waals surface area contributed by atoms with Gasteiger partial charge in [-0.1, -0.05) is 24.3 Å². The number of rotatable bonds is 4. The third kappa shape index (κ3) is 3.44. The van der Waals surface area contributed by atoms with E-state index >= 15 is 0 Å². The van der Waals surface area contributed by atoms with Crippen LogP contribution in [0.25, 0.3) is 0 Å². The molecular weight excluding hydrogens is 308 g/mol. The van der Waals surface area contributed by atoms with Gasteiger partial charge in [0.1, 0.15) is 5.60 Å². The first-order valence-corrected chi connectivity index (χ1v) is 7.69. The molecule has 0 spiro atoms. The minimum Gasteiger partial charge on any atom is -0.454 e. The van der Waals surface area contributed by atoms with E-state index in [9.17, 15) is 9.90 Å². The van der Waals surface area contributed by atoms with E-state index in [1.165, 1.54) is 0 Å². The molecule has 1 atom stereocenters. The number of carbonyl (C=O) groups excluding carboxylic acids is 1. The Morgan fingerprint density at radius 1 is 1.21 bits per heavy atom. The van der Waals surface area contributed by atoms with E-state index in [2.05, 4.69) is 10.6 Å². The lowest BCUT2D eigenvalue weighted by Crippen LogP contribution is -2.40. The molecule has 1 aliphatic heterocycles. The molecule has 2 aromatic rings. The van der Waals surface area contributed by atoms with Crippen molar-refractivity contribution in [2.24, 2.45) is 0 Å². The zero-order valence-electron chi connectivity index (χ0n) is 13.6. The Bertz CT molecular complexity index is 758. The summed E-state index contributed by atoms with van der Waals surface area (Å²) in [5.41, 5.74) is 1.11. The zero-order valence-corrected chi connectivity index (χ0v) is 13.6. The summed E-state index contributed by atoms with van der Waals surface area (Å²) in [7, 11) is 0. The topological polar surface area (TPSA) is 79.8 Å². The summed E-state index contributed by atoms with van der Waals surface area (Å²) in [5.74, 6) is 1.25. The van der Waals surface area contributed by atoms with Crippen molar-refractivity contribution in [2.75, 3.05) is 18.7 Å². The van der Waals surface area contributed by atoms with Crippen molar-refractivity contribution in [3.05, 3.63) is 53.6 Å². The van der Waals surface area contributed by atoms with E-state index in [4.69, 9.17) is 9.47 Å². The Morgan fingerprint density at radius 2 is 1.96 bits per heavy atom. The second-order valence-corrected chi connectivity index (χ2v) is 5.96. The smallest absolute Gasteiger partial charge is 0.319 e. The first-order chi connectivity index (χ1) is 11.5. The molecule has 1 aliphatic rings. The number of carbonyl (C=O) groups is 1. The zero-order chi connectivity index (χ0) is 17.2. The number of para-hydroxylation sites is 1. The summed E-state index contributed by atoms with van der Waals surface area (Å²) in [6.45, 7) is 3.79. The molecule has 2 aromatic carbocycles. The number of ether oxygens (including phenoxy) is 2. The van der Waals surface area contributed by atoms with E-state index < -0.39 is 5.60 Å². The van der Waals surface area contributed by atoms with Crippen molar-refractivity contribution in [2.45, 2.75) is 19.4 Å². The van der Waals surface area contributed by atoms with E-state index in [1.807, 2.05) is 31.2 Å². The highest BCUT2D eigenvalue weighted by Gasteiger charge is 2.26. The van der Waals surface area contributed by atoms with Crippen LogP contribution in [-0.2, 0) is 5.60 Å². The number of hydrogen-bond donors (Lipinski definition) is 3. The van der Waals surface area contributed by atoms with Crippen molar-refractivity contribution in [3.63, 3.8) is 0 Å². The first kappa shape index (κ1) is 16.1. The maximum Gasteiger partial charge on any atom is 0.319 e. The van der Waals surface area contributed by atoms with Gasteiger partial charge in [0.25, 0.3) is 0 Å². The lowest BCUT2D eigenvalue weighted by molar-refractivity contribution is 0.0597. The minimum atomic E-state index is -1.23. The van der Waals surface area contributed by atoms with Crippen LogP contribution < -0.4 is 20.1 Å². The maximum atomic E-state index is 12.1. The molecule has 3 N–H and O–H groups in total. The largest absolute Gasteiger partial charge is 0.454 e. The van der Waals surface area contributed by atoms with Gasteiger partial charge in [0.15, 0.2) is 11.5 Å². The fraction of sp³-hybridized carbons (Fsp3) is 0.278. The van der Waals surface area contributed by atoms with Crippen LogP contribution in [0.1, 0.15) is 18.1 Å². The summed E-state index contributed by atoms with van der Waals surface area (Å²) < 4.78 is 10.6. The van der Waals surface area contributed by atoms with Gasteiger partial charge >= 0.3 is 6.03 Å². The highest BCUT2D eigenvalue weighted by Crippen LogP contribution is 2.35. The van der Waals surface area contributed by atoms with E-state index in [-0.39, 0.29) is 19.4 Å². The molecule has 6 nitrogen and oxygen atoms in total. The van der Waals surface area contributed by atoms with E-state index in [0.717, 1.165) is 11.3 Å². The van der Waals surface area contributed by atoms with Crippen molar-refractivity contribution in [3.8, 4) is 11.5 Å². The van der Waals surface area contributed by atoms with Crippen LogP contribution in [0.4, 0.5) is 10.5 Å². The van der Waals surface area contributed by atoms with Gasteiger partial charge in [-0.3, -0.25) is 0 Å². The van der Waals surface area contributed by atoms with Crippen LogP contribution in [-0.4, -0.2) is 24.5 Å². The number of aryl methyl sites for hydroxylation is 1. The summed E-state index contributed by atoms with van der Waals surface area (Å²) >= 11 is 0. The summed E-state index contributed by atoms with van der Waals surface area (Å²) in [6.07, 6.45) is 0. The number of fused-ring (bicyclic) bond motifs is 1. The molecule has 2 amide bonds. The number of aliphatic hydroxyl groups is 1. The van der Waals surface area contributed by atoms with Crippen molar-refractivity contribution in [1.29, 1.82) is 0 Å². The standard InChI is InChI=1S/C18H20N2O4/c1-12-5-3-4-6-14(12)20-17(21)19-10-18(2,22)13-7-8-15-16(9-13)24-11-23-15/h3-9,22H,10-11H2,1-2H3,(H2,19,20,21)/t18-/m0/s1. The van der Waals surface area contributed by atoms with Crippen molar-refractivity contribution in [1.82, 2.24) is 5.32 Å². The van der Waals surface area contributed by atoms with Crippen LogP contribution in [0.5, 0.6) is 11.5 Å². The fourth-order valence-electron chi connectivity index (χ4n) is 2.47. The van der Waals surface area contributed by atoms with E-state index in [1.54, 1.807) is 25.1 Å². The molecule has 6 heteroatoms. The van der Waals surface area contributed by atoms with Crippen molar-refractivity contribution >= 4 is 11.7 Å². The summed E-state index contributed by atoms with van der Waals surface area (Å²) in [6, 6.07) is 12.4. The van der Waals surface area contributed by atoms with Gasteiger partial charge in [-0.25, -0.2) is 4.79 Å². The molecule has 0 aromatic heterocycles. The van der Waals surface area contributed by atoms with Gasteiger partial charge in [-0.2, -0.15) is 0 Å². The molecule has 24 heavy (non-hydrogen) atoms. The lowest BCUT2D eigenvalue weighted by Gasteiger charge is -2.24. The molecule has 1 heterocycles. The molecule has 0 aliphatic carbocycles. The first-order valence-electron chi connectivity index (χ1n) is 7.69. The molecule has 0 saturated carbocycles. The number of nitrogens with one attached hydrogen (secondary N) is 2. The summed E-state index contributed by atoms with van der Waals surface area (Å²) in [4.78, 5) is 12.1. The maximum absolute atomic E-state index is 12.1. The number of amides is 2. The monoisotopic (exact) mass is 328 g/mol. The molecule has 0 unspecified atom stereocenters. The predicted molar refractivity (Wildman–Crippen MR) is 90.3 cm³/mol. The molecule has 0 radical (unpaired) electrons. The molecule has 126 valence electrons. The Kier molecular flexibility index (Phi) is 4.31. The van der Waals surface area contributed by atoms with Crippen LogP contribution in [0.3, 0.4) is 0 Å². The molecule has 3 rings (SSSR count). The average Bonchev–Trinajstić information content (AvgIpc) is 3.03. The SMILES string of the molecule is Cc1ccccc1NC(=O)NC[C@](C)(O)c1ccc2c(c1)OCO2. The third-order valence-electron chi connectivity index (χ3n) is 3.98. The molecule has 0 bridgehead atoms. The van der Waals surface area contributed by atoms with Gasteiger partial charge < -0.3 is 25.2 Å². The number of hydrogen-bond acceptors (Lipinski definition) is 4. The molecule has 0 saturated heterocycles. The fourth-order valence-corrected chi connectivity index (χ4v) is 2.47. The van der Waals surface area contributed by atoms with Gasteiger partial charge in [-0.15, -0.1) is 0 Å². The van der Waals surface area contributed by atoms with Crippen LogP contribution in [0.15, 0.2) is 42.5 Å². The number of anilines is 1. The second kappa shape index (κ2) is 6.41. The summed E-state index contributed by atoms with van der Waals surface area (Å²) in [5, 5.41) is 16.1. The van der Waals surface area contributed by atoms with E-state index in [0.29, 0.717) is 17.1 Å². The molecular formula is C18H20N2O4. The Balaban J connectivity index is 1.62. The third-order valence-corrected chi connectivity index (χ3v) is 3.98. The van der Waals surface area contributed by atoms with Crippen LogP contribution in [0.2, 0.25) is 0 Å². The second-order valence-electron chi connectivity index (χ2n) is 5.96. The predicted octanol–water partition coefficient (Wildman–Crippen LogP) is 2.75. The lowest BCUT2D eigenvalue weighted by atomic mass is 9.95. The highest BCUT2D eigenvalue weighted by molar-refractivity contribution is 5.90. The number of urea groups is 1. The minimum absolute atomic E-state index is 0.0599. The van der Waals surface area contributed by atoms with Gasteiger partial charge in [-0.05, 0) is 43.2 Å². The van der Waals surface area contributed by atoms with Gasteiger partial charge in [0.2, 0.25) is 6.79 Å². The van der Waals surface area contributed by atoms with Crippen LogP contribution >= 0.6 is 0 Å². The Hall–Kier alpha value is -2.73. The van der Waals surface area contributed by atoms with Gasteiger partial charge in [0, 0.05) is 5.69 Å². The van der Waals surface area contributed by atoms with Gasteiger partial charge in [0.05, 0.1) is 6.54 Å². The van der Waals surface area contributed by atoms with Crippen molar-refractivity contribution < 1.29 is 19.4 Å². The quantitative estimate of drug-likeness (QED) is 0.806. The highest BCUT2D eigenvalue weighted by atomic mass is 16.7. The molecule has 0 fully saturated rings. The Morgan fingerprint density at radius 3 is 2.75 bits per heavy atom. The number of benzene rings is 2. The average molecular weight is 328 g/mol. The Labute approximate surface area is 140 Å². The van der Waals surface area contributed by atoms with Crippen LogP contribution in [0, 0.1) is 6.92 Å².